The molecule has 0 amide bonds. The van der Waals surface area contributed by atoms with Crippen LogP contribution in [-0.4, -0.2) is 9.97 Å². The molecular weight excluding hydrogens is 713 g/mol. The molecule has 0 aliphatic heterocycles. The summed E-state index contributed by atoms with van der Waals surface area (Å²) in [5.74, 6) is 0.707. The molecule has 1 aliphatic rings. The molecule has 1 aromatic heterocycles. The Morgan fingerprint density at radius 1 is 0.305 bits per heavy atom. The fraction of sp³-hybridized carbons (Fsp3) is 0.0526. The summed E-state index contributed by atoms with van der Waals surface area (Å²) in [7, 11) is 0. The van der Waals surface area contributed by atoms with Gasteiger partial charge < -0.3 is 0 Å². The van der Waals surface area contributed by atoms with Crippen molar-refractivity contribution in [1.82, 2.24) is 9.97 Å². The number of benzene rings is 9. The lowest BCUT2D eigenvalue weighted by Gasteiger charge is -2.26. The number of fused-ring (bicyclic) bond motifs is 6. The van der Waals surface area contributed by atoms with Gasteiger partial charge >= 0.3 is 0 Å². The monoisotopic (exact) mass is 752 g/mol. The minimum absolute atomic E-state index is 0.142. The second-order valence-electron chi connectivity index (χ2n) is 16.1. The molecule has 0 N–H and O–H groups in total. The summed E-state index contributed by atoms with van der Waals surface area (Å²) < 4.78 is 0. The van der Waals surface area contributed by atoms with E-state index in [2.05, 4.69) is 214 Å². The molecule has 2 heteroatoms. The molecule has 2 nitrogen and oxygen atoms in total. The predicted molar refractivity (Wildman–Crippen MR) is 247 cm³/mol. The van der Waals surface area contributed by atoms with E-state index < -0.39 is 0 Å². The summed E-state index contributed by atoms with van der Waals surface area (Å²) in [6.07, 6.45) is 0. The van der Waals surface area contributed by atoms with Crippen LogP contribution in [0.15, 0.2) is 206 Å². The van der Waals surface area contributed by atoms with Gasteiger partial charge in [0.25, 0.3) is 0 Å². The lowest BCUT2D eigenvalue weighted by molar-refractivity contribution is 0.668. The minimum atomic E-state index is -0.142. The van der Waals surface area contributed by atoms with Crippen LogP contribution in [0.1, 0.15) is 25.0 Å². The van der Waals surface area contributed by atoms with Gasteiger partial charge in [-0.2, -0.15) is 0 Å². The van der Waals surface area contributed by atoms with E-state index in [1.165, 1.54) is 66.2 Å². The second kappa shape index (κ2) is 13.9. The van der Waals surface area contributed by atoms with Gasteiger partial charge in [0, 0.05) is 22.1 Å². The molecule has 0 unspecified atom stereocenters. The molecule has 11 rings (SSSR count). The van der Waals surface area contributed by atoms with Gasteiger partial charge in [-0.25, -0.2) is 9.97 Å². The first-order valence-electron chi connectivity index (χ1n) is 20.4. The lowest BCUT2D eigenvalue weighted by Crippen LogP contribution is -2.16. The Morgan fingerprint density at radius 2 is 0.814 bits per heavy atom. The summed E-state index contributed by atoms with van der Waals surface area (Å²) in [5.41, 5.74) is 17.5. The van der Waals surface area contributed by atoms with Crippen LogP contribution in [0.3, 0.4) is 0 Å². The third kappa shape index (κ3) is 5.87. The van der Waals surface area contributed by atoms with E-state index in [1.807, 2.05) is 6.07 Å². The van der Waals surface area contributed by atoms with Crippen LogP contribution < -0.4 is 0 Å². The summed E-state index contributed by atoms with van der Waals surface area (Å²) in [4.78, 5) is 10.5. The number of hydrogen-bond donors (Lipinski definition) is 0. The van der Waals surface area contributed by atoms with E-state index >= 15 is 0 Å². The Kier molecular flexibility index (Phi) is 8.20. The van der Waals surface area contributed by atoms with E-state index in [0.29, 0.717) is 5.82 Å². The van der Waals surface area contributed by atoms with Gasteiger partial charge in [-0.05, 0) is 95.4 Å². The van der Waals surface area contributed by atoms with E-state index in [9.17, 15) is 0 Å². The molecule has 0 radical (unpaired) electrons. The fourth-order valence-electron chi connectivity index (χ4n) is 9.52. The average Bonchev–Trinajstić information content (AvgIpc) is 3.55. The number of nitrogens with zero attached hydrogens (tertiary/aromatic N) is 2. The van der Waals surface area contributed by atoms with Crippen molar-refractivity contribution in [2.45, 2.75) is 19.3 Å². The maximum Gasteiger partial charge on any atom is 0.161 e. The quantitative estimate of drug-likeness (QED) is 0.169. The van der Waals surface area contributed by atoms with Crippen LogP contribution >= 0.6 is 0 Å². The Labute approximate surface area is 345 Å². The first-order valence-corrected chi connectivity index (χ1v) is 20.4. The standard InChI is InChI=1S/C57H40N2/c1-57(2)54-46(25-14-26-49(54)50-32-31-38-17-9-10-22-45(38)55(50)57)40-29-27-39(28-30-40)44-33-34-51(48-24-12-11-23-47(44)48)56-58-52(41-18-7-4-8-19-41)36-53(59-56)43-21-13-20-42(35-43)37-15-5-3-6-16-37/h3-36H,1-2H3. The van der Waals surface area contributed by atoms with Crippen LogP contribution in [-0.2, 0) is 5.41 Å². The Balaban J connectivity index is 0.997. The van der Waals surface area contributed by atoms with Crippen LogP contribution in [0.2, 0.25) is 0 Å². The molecule has 0 saturated carbocycles. The third-order valence-corrected chi connectivity index (χ3v) is 12.3. The maximum atomic E-state index is 5.29. The highest BCUT2D eigenvalue weighted by molar-refractivity contribution is 6.05. The minimum Gasteiger partial charge on any atom is -0.228 e. The van der Waals surface area contributed by atoms with Crippen LogP contribution in [0.25, 0.3) is 100.0 Å². The normalized spacial score (nSPS) is 12.7. The molecule has 0 saturated heterocycles. The number of aromatic nitrogens is 2. The van der Waals surface area contributed by atoms with E-state index in [0.717, 1.165) is 39.0 Å². The molecule has 0 fully saturated rings. The first-order chi connectivity index (χ1) is 29.0. The molecule has 0 bridgehead atoms. The predicted octanol–water partition coefficient (Wildman–Crippen LogP) is 15.1. The largest absolute Gasteiger partial charge is 0.228 e. The summed E-state index contributed by atoms with van der Waals surface area (Å²) in [5, 5.41) is 4.92. The molecular formula is C57H40N2. The van der Waals surface area contributed by atoms with Gasteiger partial charge in [-0.3, -0.25) is 0 Å². The Morgan fingerprint density at radius 3 is 1.56 bits per heavy atom. The zero-order valence-electron chi connectivity index (χ0n) is 33.0. The fourth-order valence-corrected chi connectivity index (χ4v) is 9.52. The third-order valence-electron chi connectivity index (χ3n) is 12.3. The van der Waals surface area contributed by atoms with Crippen LogP contribution in [0.5, 0.6) is 0 Å². The first kappa shape index (κ1) is 34.8. The van der Waals surface area contributed by atoms with Gasteiger partial charge in [-0.15, -0.1) is 0 Å². The zero-order valence-corrected chi connectivity index (χ0v) is 33.0. The summed E-state index contributed by atoms with van der Waals surface area (Å²) in [6.45, 7) is 4.78. The molecule has 9 aromatic carbocycles. The molecule has 59 heavy (non-hydrogen) atoms. The van der Waals surface area contributed by atoms with Crippen LogP contribution in [0.4, 0.5) is 0 Å². The molecule has 0 atom stereocenters. The van der Waals surface area contributed by atoms with E-state index in [1.54, 1.807) is 0 Å². The molecule has 1 aliphatic carbocycles. The van der Waals surface area contributed by atoms with E-state index in [4.69, 9.17) is 9.97 Å². The SMILES string of the molecule is CC1(C)c2c(-c3ccc(-c4ccc(-c5nc(-c6ccccc6)cc(-c6cccc(-c7ccccc7)c6)n5)c5ccccc45)cc3)cccc2-c2ccc3ccccc3c21. The van der Waals surface area contributed by atoms with Gasteiger partial charge in [0.15, 0.2) is 5.82 Å². The highest BCUT2D eigenvalue weighted by Gasteiger charge is 2.38. The molecule has 0 spiro atoms. The molecule has 278 valence electrons. The van der Waals surface area contributed by atoms with Gasteiger partial charge in [0.05, 0.1) is 11.4 Å². The number of rotatable bonds is 6. The zero-order chi connectivity index (χ0) is 39.5. The Bertz CT molecular complexity index is 3220. The Hall–Kier alpha value is -7.42. The highest BCUT2D eigenvalue weighted by Crippen LogP contribution is 2.54. The summed E-state index contributed by atoms with van der Waals surface area (Å²) in [6, 6.07) is 74.2. The smallest absolute Gasteiger partial charge is 0.161 e. The van der Waals surface area contributed by atoms with Crippen molar-refractivity contribution < 1.29 is 0 Å². The average molecular weight is 753 g/mol. The van der Waals surface area contributed by atoms with Crippen molar-refractivity contribution in [2.24, 2.45) is 0 Å². The van der Waals surface area contributed by atoms with Crippen molar-refractivity contribution in [3.05, 3.63) is 217 Å². The van der Waals surface area contributed by atoms with Crippen molar-refractivity contribution in [2.75, 3.05) is 0 Å². The topological polar surface area (TPSA) is 25.8 Å². The summed E-state index contributed by atoms with van der Waals surface area (Å²) >= 11 is 0. The van der Waals surface area contributed by atoms with Crippen molar-refractivity contribution in [1.29, 1.82) is 0 Å². The highest BCUT2D eigenvalue weighted by atomic mass is 14.9. The van der Waals surface area contributed by atoms with Gasteiger partial charge in [0.1, 0.15) is 0 Å². The van der Waals surface area contributed by atoms with E-state index in [-0.39, 0.29) is 5.41 Å². The maximum absolute atomic E-state index is 5.29. The second-order valence-corrected chi connectivity index (χ2v) is 16.1. The molecule has 1 heterocycles. The van der Waals surface area contributed by atoms with Crippen LogP contribution in [0, 0.1) is 0 Å². The molecule has 10 aromatic rings. The van der Waals surface area contributed by atoms with Gasteiger partial charge in [-0.1, -0.05) is 202 Å². The lowest BCUT2D eigenvalue weighted by atomic mass is 9.77. The van der Waals surface area contributed by atoms with Crippen molar-refractivity contribution >= 4 is 21.5 Å². The van der Waals surface area contributed by atoms with Crippen molar-refractivity contribution in [3.63, 3.8) is 0 Å². The van der Waals surface area contributed by atoms with Crippen molar-refractivity contribution in [3.8, 4) is 78.4 Å². The van der Waals surface area contributed by atoms with Gasteiger partial charge in [0.2, 0.25) is 0 Å². The number of hydrogen-bond acceptors (Lipinski definition) is 2.